The molecule has 0 aliphatic carbocycles. The molecule has 0 aliphatic rings. The van der Waals surface area contributed by atoms with Gasteiger partial charge in [0.1, 0.15) is 0 Å². The molecule has 0 rings (SSSR count). The van der Waals surface area contributed by atoms with Gasteiger partial charge in [0, 0.05) is 26.3 Å². The summed E-state index contributed by atoms with van der Waals surface area (Å²) in [5.41, 5.74) is 0. The Kier molecular flexibility index (Phi) is 9.04. The van der Waals surface area contributed by atoms with Crippen molar-refractivity contribution >= 4 is 14.7 Å². The SMILES string of the molecule is CCO[Si](CC)(CCCN(CC)C(=O)O)OCC. The van der Waals surface area contributed by atoms with Crippen molar-refractivity contribution in [2.75, 3.05) is 26.3 Å². The third kappa shape index (κ3) is 5.84. The van der Waals surface area contributed by atoms with Gasteiger partial charge in [0.25, 0.3) is 0 Å². The van der Waals surface area contributed by atoms with Gasteiger partial charge >= 0.3 is 14.7 Å². The van der Waals surface area contributed by atoms with Crippen LogP contribution in [0.4, 0.5) is 4.79 Å². The maximum absolute atomic E-state index is 10.9. The van der Waals surface area contributed by atoms with E-state index in [0.717, 1.165) is 18.5 Å². The van der Waals surface area contributed by atoms with Crippen LogP contribution in [-0.2, 0) is 8.85 Å². The molecule has 108 valence electrons. The van der Waals surface area contributed by atoms with Crippen LogP contribution >= 0.6 is 0 Å². The fourth-order valence-electron chi connectivity index (χ4n) is 2.02. The molecular weight excluding hydrogens is 250 g/mol. The van der Waals surface area contributed by atoms with E-state index in [0.29, 0.717) is 26.3 Å². The third-order valence-corrected chi connectivity index (χ3v) is 6.81. The van der Waals surface area contributed by atoms with Gasteiger partial charge in [-0.25, -0.2) is 4.79 Å². The van der Waals surface area contributed by atoms with Crippen molar-refractivity contribution < 1.29 is 18.8 Å². The van der Waals surface area contributed by atoms with Gasteiger partial charge in [0.15, 0.2) is 0 Å². The molecule has 0 unspecified atom stereocenters. The predicted molar refractivity (Wildman–Crippen MR) is 74.2 cm³/mol. The van der Waals surface area contributed by atoms with E-state index in [1.54, 1.807) is 0 Å². The summed E-state index contributed by atoms with van der Waals surface area (Å²) in [5.74, 6) is 0. The summed E-state index contributed by atoms with van der Waals surface area (Å²) in [6.45, 7) is 10.3. The fourth-order valence-corrected chi connectivity index (χ4v) is 4.90. The van der Waals surface area contributed by atoms with Crippen LogP contribution in [0.5, 0.6) is 0 Å². The van der Waals surface area contributed by atoms with Gasteiger partial charge in [-0.3, -0.25) is 0 Å². The van der Waals surface area contributed by atoms with E-state index in [1.807, 2.05) is 20.8 Å². The van der Waals surface area contributed by atoms with E-state index in [2.05, 4.69) is 6.92 Å². The molecule has 0 aromatic rings. The molecule has 0 aromatic heterocycles. The van der Waals surface area contributed by atoms with Crippen LogP contribution in [0.3, 0.4) is 0 Å². The smallest absolute Gasteiger partial charge is 0.407 e. The van der Waals surface area contributed by atoms with Crippen LogP contribution in [0, 0.1) is 0 Å². The summed E-state index contributed by atoms with van der Waals surface area (Å²) in [6.07, 6.45) is -0.0469. The normalized spacial score (nSPS) is 11.6. The van der Waals surface area contributed by atoms with Crippen LogP contribution in [0.25, 0.3) is 0 Å². The Morgan fingerprint density at radius 2 is 1.72 bits per heavy atom. The van der Waals surface area contributed by atoms with Crippen LogP contribution < -0.4 is 0 Å². The van der Waals surface area contributed by atoms with Crippen LogP contribution in [-0.4, -0.2) is 51.0 Å². The first kappa shape index (κ1) is 17.4. The largest absolute Gasteiger partial charge is 0.465 e. The number of amides is 1. The minimum atomic E-state index is -2.10. The zero-order valence-corrected chi connectivity index (χ0v) is 13.1. The number of nitrogens with zero attached hydrogens (tertiary/aromatic N) is 1. The van der Waals surface area contributed by atoms with Crippen molar-refractivity contribution in [3.63, 3.8) is 0 Å². The zero-order valence-electron chi connectivity index (χ0n) is 12.1. The van der Waals surface area contributed by atoms with Crippen LogP contribution in [0.1, 0.15) is 34.1 Å². The van der Waals surface area contributed by atoms with Crippen molar-refractivity contribution in [3.8, 4) is 0 Å². The summed E-state index contributed by atoms with van der Waals surface area (Å²) in [4.78, 5) is 12.3. The molecule has 0 fully saturated rings. The van der Waals surface area contributed by atoms with Gasteiger partial charge in [0.05, 0.1) is 0 Å². The molecule has 0 saturated carbocycles. The second-order valence-electron chi connectivity index (χ2n) is 4.10. The minimum Gasteiger partial charge on any atom is -0.465 e. The lowest BCUT2D eigenvalue weighted by atomic mass is 10.4. The molecule has 18 heavy (non-hydrogen) atoms. The maximum Gasteiger partial charge on any atom is 0.407 e. The number of carboxylic acid groups (broad SMARTS) is 1. The Bertz CT molecular complexity index is 232. The standard InChI is InChI=1S/C12H27NO4Si/c1-5-13(12(14)15)10-9-11-18(8-4,16-6-2)17-7-3/h5-11H2,1-4H3,(H,14,15). The van der Waals surface area contributed by atoms with E-state index >= 15 is 0 Å². The first-order chi connectivity index (χ1) is 8.55. The van der Waals surface area contributed by atoms with Gasteiger partial charge < -0.3 is 18.9 Å². The van der Waals surface area contributed by atoms with E-state index in [4.69, 9.17) is 14.0 Å². The molecule has 5 nitrogen and oxygen atoms in total. The maximum atomic E-state index is 10.9. The summed E-state index contributed by atoms with van der Waals surface area (Å²) in [7, 11) is -2.10. The highest BCUT2D eigenvalue weighted by Gasteiger charge is 2.34. The van der Waals surface area contributed by atoms with Gasteiger partial charge in [-0.05, 0) is 39.3 Å². The van der Waals surface area contributed by atoms with E-state index in [1.165, 1.54) is 4.90 Å². The van der Waals surface area contributed by atoms with Crippen molar-refractivity contribution in [2.45, 2.75) is 46.2 Å². The van der Waals surface area contributed by atoms with Gasteiger partial charge in [-0.1, -0.05) is 6.92 Å². The molecule has 0 spiro atoms. The Hall–Kier alpha value is -0.593. The predicted octanol–water partition coefficient (Wildman–Crippen LogP) is 2.91. The Morgan fingerprint density at radius 3 is 2.06 bits per heavy atom. The molecule has 0 radical (unpaired) electrons. The zero-order chi connectivity index (χ0) is 14.0. The Labute approximate surface area is 111 Å². The number of hydrogen-bond donors (Lipinski definition) is 1. The average Bonchev–Trinajstić information content (AvgIpc) is 2.34. The lowest BCUT2D eigenvalue weighted by Gasteiger charge is -2.29. The van der Waals surface area contributed by atoms with Crippen molar-refractivity contribution in [1.82, 2.24) is 4.90 Å². The van der Waals surface area contributed by atoms with Gasteiger partial charge in [-0.2, -0.15) is 0 Å². The van der Waals surface area contributed by atoms with E-state index < -0.39 is 14.7 Å². The van der Waals surface area contributed by atoms with Crippen molar-refractivity contribution in [3.05, 3.63) is 0 Å². The highest BCUT2D eigenvalue weighted by atomic mass is 28.4. The molecule has 0 aromatic carbocycles. The highest BCUT2D eigenvalue weighted by Crippen LogP contribution is 2.21. The lowest BCUT2D eigenvalue weighted by molar-refractivity contribution is 0.145. The fraction of sp³-hybridized carbons (Fsp3) is 0.917. The minimum absolute atomic E-state index is 0.527. The molecule has 0 bridgehead atoms. The number of hydrogen-bond acceptors (Lipinski definition) is 3. The van der Waals surface area contributed by atoms with E-state index in [9.17, 15) is 4.79 Å². The molecule has 1 amide bonds. The molecule has 0 heterocycles. The highest BCUT2D eigenvalue weighted by molar-refractivity contribution is 6.67. The van der Waals surface area contributed by atoms with Gasteiger partial charge in [0.2, 0.25) is 0 Å². The van der Waals surface area contributed by atoms with Crippen molar-refractivity contribution in [1.29, 1.82) is 0 Å². The number of rotatable bonds is 10. The summed E-state index contributed by atoms with van der Waals surface area (Å²) >= 11 is 0. The van der Waals surface area contributed by atoms with E-state index in [-0.39, 0.29) is 0 Å². The molecule has 0 atom stereocenters. The molecule has 0 aliphatic heterocycles. The van der Waals surface area contributed by atoms with Crippen LogP contribution in [0.2, 0.25) is 12.1 Å². The first-order valence-corrected chi connectivity index (χ1v) is 9.04. The average molecular weight is 277 g/mol. The number of carbonyl (C=O) groups is 1. The van der Waals surface area contributed by atoms with Crippen molar-refractivity contribution in [2.24, 2.45) is 0 Å². The first-order valence-electron chi connectivity index (χ1n) is 6.80. The summed E-state index contributed by atoms with van der Waals surface area (Å²) < 4.78 is 11.7. The molecular formula is C12H27NO4Si. The lowest BCUT2D eigenvalue weighted by Crippen LogP contribution is -2.42. The molecule has 1 N–H and O–H groups in total. The molecule has 0 saturated heterocycles. The summed E-state index contributed by atoms with van der Waals surface area (Å²) in [6, 6.07) is 1.77. The van der Waals surface area contributed by atoms with Gasteiger partial charge in [-0.15, -0.1) is 0 Å². The Morgan fingerprint density at radius 1 is 1.17 bits per heavy atom. The Balaban J connectivity index is 4.29. The monoisotopic (exact) mass is 277 g/mol. The summed E-state index contributed by atoms with van der Waals surface area (Å²) in [5, 5.41) is 8.94. The second-order valence-corrected chi connectivity index (χ2v) is 7.70. The third-order valence-electron chi connectivity index (χ3n) is 2.99. The quantitative estimate of drug-likeness (QED) is 0.624. The molecule has 6 heteroatoms. The topological polar surface area (TPSA) is 59.0 Å². The second kappa shape index (κ2) is 9.35. The van der Waals surface area contributed by atoms with Crippen LogP contribution in [0.15, 0.2) is 0 Å².